The van der Waals surface area contributed by atoms with Gasteiger partial charge in [-0.25, -0.2) is 4.79 Å². The van der Waals surface area contributed by atoms with E-state index in [1.807, 2.05) is 36.4 Å². The number of aromatic nitrogens is 2. The molecule has 0 aliphatic rings. The van der Waals surface area contributed by atoms with Crippen LogP contribution in [0.3, 0.4) is 0 Å². The number of hydrogen-bond acceptors (Lipinski definition) is 5. The highest BCUT2D eigenvalue weighted by atomic mass is 16.5. The molecule has 0 amide bonds. The molecule has 0 unspecified atom stereocenters. The second-order valence-electron chi connectivity index (χ2n) is 4.32. The van der Waals surface area contributed by atoms with E-state index < -0.39 is 5.97 Å². The maximum atomic E-state index is 12.1. The lowest BCUT2D eigenvalue weighted by molar-refractivity contribution is 0.0439. The fourth-order valence-corrected chi connectivity index (χ4v) is 2.00. The van der Waals surface area contributed by atoms with E-state index in [1.54, 1.807) is 13.0 Å². The molecule has 20 heavy (non-hydrogen) atoms. The van der Waals surface area contributed by atoms with E-state index in [0.29, 0.717) is 11.5 Å². The largest absolute Gasteiger partial charge is 0.452 e. The maximum absolute atomic E-state index is 12.1. The molecule has 1 aromatic heterocycles. The first kappa shape index (κ1) is 12.3. The number of aryl methyl sites for hydroxylation is 1. The molecule has 0 aliphatic carbocycles. The van der Waals surface area contributed by atoms with Crippen LogP contribution in [0.5, 0.6) is 0 Å². The second-order valence-corrected chi connectivity index (χ2v) is 4.32. The molecule has 0 aliphatic heterocycles. The molecule has 0 saturated carbocycles. The first-order valence-corrected chi connectivity index (χ1v) is 6.18. The third-order valence-corrected chi connectivity index (χ3v) is 2.90. The standard InChI is InChI=1S/C15H12N2O3/c1-10-16-17-14(20-10)9-19-15(18)13-8-4-6-11-5-2-3-7-12(11)13/h2-8H,9H2,1H3. The average molecular weight is 268 g/mol. The molecule has 100 valence electrons. The second kappa shape index (κ2) is 5.13. The maximum Gasteiger partial charge on any atom is 0.339 e. The zero-order valence-electron chi connectivity index (χ0n) is 10.9. The molecule has 0 N–H and O–H groups in total. The lowest BCUT2D eigenvalue weighted by atomic mass is 10.1. The van der Waals surface area contributed by atoms with Crippen molar-refractivity contribution in [2.75, 3.05) is 0 Å². The van der Waals surface area contributed by atoms with Crippen LogP contribution < -0.4 is 0 Å². The molecule has 3 rings (SSSR count). The van der Waals surface area contributed by atoms with Gasteiger partial charge < -0.3 is 9.15 Å². The van der Waals surface area contributed by atoms with Gasteiger partial charge in [-0.05, 0) is 16.8 Å². The summed E-state index contributed by atoms with van der Waals surface area (Å²) in [6, 6.07) is 13.2. The van der Waals surface area contributed by atoms with Crippen molar-refractivity contribution < 1.29 is 13.9 Å². The number of carbonyl (C=O) groups excluding carboxylic acids is 1. The molecule has 0 radical (unpaired) electrons. The summed E-state index contributed by atoms with van der Waals surface area (Å²) in [6.07, 6.45) is 0. The molecule has 0 bridgehead atoms. The summed E-state index contributed by atoms with van der Waals surface area (Å²) in [5.74, 6) is 0.329. The molecule has 1 heterocycles. The zero-order chi connectivity index (χ0) is 13.9. The van der Waals surface area contributed by atoms with Gasteiger partial charge in [-0.15, -0.1) is 10.2 Å². The molecule has 3 aromatic rings. The molecule has 0 fully saturated rings. The highest BCUT2D eigenvalue weighted by molar-refractivity contribution is 6.04. The fraction of sp³-hybridized carbons (Fsp3) is 0.133. The van der Waals surface area contributed by atoms with Crippen molar-refractivity contribution in [3.05, 3.63) is 59.8 Å². The van der Waals surface area contributed by atoms with E-state index in [0.717, 1.165) is 10.8 Å². The number of nitrogens with zero attached hydrogens (tertiary/aromatic N) is 2. The summed E-state index contributed by atoms with van der Waals surface area (Å²) in [5.41, 5.74) is 0.527. The van der Waals surface area contributed by atoms with Gasteiger partial charge in [-0.3, -0.25) is 0 Å². The average Bonchev–Trinajstić information content (AvgIpc) is 2.90. The van der Waals surface area contributed by atoms with Crippen molar-refractivity contribution in [2.45, 2.75) is 13.5 Å². The van der Waals surface area contributed by atoms with Gasteiger partial charge in [0, 0.05) is 6.92 Å². The Balaban J connectivity index is 1.82. The van der Waals surface area contributed by atoms with Crippen LogP contribution in [-0.2, 0) is 11.3 Å². The summed E-state index contributed by atoms with van der Waals surface area (Å²) >= 11 is 0. The van der Waals surface area contributed by atoms with Crippen LogP contribution in [0.1, 0.15) is 22.1 Å². The highest BCUT2D eigenvalue weighted by Gasteiger charge is 2.12. The van der Waals surface area contributed by atoms with Crippen LogP contribution in [0.4, 0.5) is 0 Å². The molecule has 0 atom stereocenters. The normalized spacial score (nSPS) is 10.7. The van der Waals surface area contributed by atoms with E-state index in [4.69, 9.17) is 9.15 Å². The van der Waals surface area contributed by atoms with Gasteiger partial charge in [-0.1, -0.05) is 36.4 Å². The lowest BCUT2D eigenvalue weighted by Crippen LogP contribution is -2.06. The fourth-order valence-electron chi connectivity index (χ4n) is 2.00. The molecule has 5 nitrogen and oxygen atoms in total. The SMILES string of the molecule is Cc1nnc(COC(=O)c2cccc3ccccc23)o1. The van der Waals surface area contributed by atoms with Gasteiger partial charge in [0.25, 0.3) is 5.89 Å². The Morgan fingerprint density at radius 1 is 1.15 bits per heavy atom. The highest BCUT2D eigenvalue weighted by Crippen LogP contribution is 2.19. The van der Waals surface area contributed by atoms with Gasteiger partial charge >= 0.3 is 5.97 Å². The minimum absolute atomic E-state index is 0.0249. The molecule has 0 spiro atoms. The molecule has 2 aromatic carbocycles. The number of rotatable bonds is 3. The summed E-state index contributed by atoms with van der Waals surface area (Å²) in [4.78, 5) is 12.1. The van der Waals surface area contributed by atoms with Crippen LogP contribution in [0.2, 0.25) is 0 Å². The van der Waals surface area contributed by atoms with Crippen molar-refractivity contribution >= 4 is 16.7 Å². The molecule has 0 saturated heterocycles. The van der Waals surface area contributed by atoms with Gasteiger partial charge in [-0.2, -0.15) is 0 Å². The van der Waals surface area contributed by atoms with Crippen LogP contribution >= 0.6 is 0 Å². The summed E-state index contributed by atoms with van der Waals surface area (Å²) in [6.45, 7) is 1.66. The Morgan fingerprint density at radius 3 is 2.75 bits per heavy atom. The molecular weight excluding hydrogens is 256 g/mol. The van der Waals surface area contributed by atoms with E-state index in [1.165, 1.54) is 0 Å². The summed E-state index contributed by atoms with van der Waals surface area (Å²) in [7, 11) is 0. The number of ether oxygens (including phenoxy) is 1. The number of esters is 1. The quantitative estimate of drug-likeness (QED) is 0.683. The van der Waals surface area contributed by atoms with Crippen molar-refractivity contribution in [1.29, 1.82) is 0 Å². The summed E-state index contributed by atoms with van der Waals surface area (Å²) < 4.78 is 10.4. The zero-order valence-corrected chi connectivity index (χ0v) is 10.9. The van der Waals surface area contributed by atoms with Gasteiger partial charge in [0.15, 0.2) is 6.61 Å². The van der Waals surface area contributed by atoms with Gasteiger partial charge in [0.05, 0.1) is 5.56 Å². The smallest absolute Gasteiger partial charge is 0.339 e. The minimum atomic E-state index is -0.405. The van der Waals surface area contributed by atoms with Crippen LogP contribution in [0.25, 0.3) is 10.8 Å². The Labute approximate surface area is 115 Å². The van der Waals surface area contributed by atoms with E-state index in [-0.39, 0.29) is 12.5 Å². The van der Waals surface area contributed by atoms with Crippen LogP contribution in [0, 0.1) is 6.92 Å². The molecular formula is C15H12N2O3. The predicted octanol–water partition coefficient (Wildman–Crippen LogP) is 2.89. The third kappa shape index (κ3) is 2.38. The topological polar surface area (TPSA) is 65.2 Å². The third-order valence-electron chi connectivity index (χ3n) is 2.90. The number of fused-ring (bicyclic) bond motifs is 1. The van der Waals surface area contributed by atoms with Crippen molar-refractivity contribution in [1.82, 2.24) is 10.2 Å². The number of carbonyl (C=O) groups is 1. The Hall–Kier alpha value is -2.69. The van der Waals surface area contributed by atoms with E-state index >= 15 is 0 Å². The Kier molecular flexibility index (Phi) is 3.16. The summed E-state index contributed by atoms with van der Waals surface area (Å²) in [5, 5.41) is 9.32. The first-order chi connectivity index (χ1) is 9.74. The van der Waals surface area contributed by atoms with E-state index in [9.17, 15) is 4.79 Å². The van der Waals surface area contributed by atoms with Crippen LogP contribution in [0.15, 0.2) is 46.9 Å². The Morgan fingerprint density at radius 2 is 1.95 bits per heavy atom. The first-order valence-electron chi connectivity index (χ1n) is 6.18. The lowest BCUT2D eigenvalue weighted by Gasteiger charge is -2.05. The Bertz CT molecular complexity index is 759. The number of hydrogen-bond donors (Lipinski definition) is 0. The van der Waals surface area contributed by atoms with Crippen LogP contribution in [-0.4, -0.2) is 16.2 Å². The number of benzene rings is 2. The van der Waals surface area contributed by atoms with Gasteiger partial charge in [0.2, 0.25) is 5.89 Å². The van der Waals surface area contributed by atoms with Crippen molar-refractivity contribution in [2.24, 2.45) is 0 Å². The monoisotopic (exact) mass is 268 g/mol. The van der Waals surface area contributed by atoms with Crippen molar-refractivity contribution in [3.63, 3.8) is 0 Å². The minimum Gasteiger partial charge on any atom is -0.452 e. The molecule has 5 heteroatoms. The van der Waals surface area contributed by atoms with Gasteiger partial charge in [0.1, 0.15) is 0 Å². The van der Waals surface area contributed by atoms with Crippen molar-refractivity contribution in [3.8, 4) is 0 Å². The van der Waals surface area contributed by atoms with E-state index in [2.05, 4.69) is 10.2 Å². The predicted molar refractivity (Wildman–Crippen MR) is 72.1 cm³/mol.